The number of benzene rings is 2. The van der Waals surface area contributed by atoms with E-state index in [1.807, 2.05) is 0 Å². The molecule has 0 heterocycles. The number of rotatable bonds is 7. The molecule has 1 N–H and O–H groups in total. The van der Waals surface area contributed by atoms with Gasteiger partial charge >= 0.3 is 5.97 Å². The summed E-state index contributed by atoms with van der Waals surface area (Å²) in [6, 6.07) is 14.2. The maximum absolute atomic E-state index is 12.3. The number of Topliss-reactive ketones (excluding diaryl/α,β-unsaturated/α-hetero) is 1. The Hall–Kier alpha value is -3.66. The van der Waals surface area contributed by atoms with Crippen molar-refractivity contribution in [2.24, 2.45) is 5.92 Å². The number of carbonyl (C=O) groups is 3. The molecule has 2 rings (SSSR count). The molecule has 0 bridgehead atoms. The van der Waals surface area contributed by atoms with Crippen LogP contribution in [0.3, 0.4) is 0 Å². The van der Waals surface area contributed by atoms with Crippen LogP contribution in [0.1, 0.15) is 27.6 Å². The van der Waals surface area contributed by atoms with E-state index in [1.54, 1.807) is 37.3 Å². The Balaban J connectivity index is 2.10. The summed E-state index contributed by atoms with van der Waals surface area (Å²) in [5.74, 6) is -2.82. The van der Waals surface area contributed by atoms with Gasteiger partial charge in [0.05, 0.1) is 19.8 Å². The fourth-order valence-corrected chi connectivity index (χ4v) is 2.30. The van der Waals surface area contributed by atoms with Crippen molar-refractivity contribution in [3.63, 3.8) is 0 Å². The van der Waals surface area contributed by atoms with Crippen molar-refractivity contribution in [2.45, 2.75) is 6.92 Å². The molecule has 0 spiro atoms. The number of ether oxygens (including phenoxy) is 2. The van der Waals surface area contributed by atoms with Gasteiger partial charge in [-0.3, -0.25) is 14.4 Å². The summed E-state index contributed by atoms with van der Waals surface area (Å²) in [7, 11) is 1.51. The van der Waals surface area contributed by atoms with Gasteiger partial charge in [-0.05, 0) is 49.4 Å². The summed E-state index contributed by atoms with van der Waals surface area (Å²) in [5, 5.41) is 11.8. The van der Waals surface area contributed by atoms with Crippen LogP contribution in [0.15, 0.2) is 48.5 Å². The van der Waals surface area contributed by atoms with Crippen molar-refractivity contribution < 1.29 is 23.9 Å². The molecule has 0 saturated carbocycles. The highest BCUT2D eigenvalue weighted by Crippen LogP contribution is 2.17. The quantitative estimate of drug-likeness (QED) is 0.459. The Bertz CT molecular complexity index is 884. The maximum Gasteiger partial charge on any atom is 0.331 e. The summed E-state index contributed by atoms with van der Waals surface area (Å²) in [5.41, 5.74) is 1.05. The average molecular weight is 366 g/mol. The highest BCUT2D eigenvalue weighted by atomic mass is 16.5. The van der Waals surface area contributed by atoms with Crippen molar-refractivity contribution in [3.05, 3.63) is 59.7 Å². The van der Waals surface area contributed by atoms with E-state index in [0.717, 1.165) is 0 Å². The summed E-state index contributed by atoms with van der Waals surface area (Å²) >= 11 is 0. The van der Waals surface area contributed by atoms with Gasteiger partial charge in [-0.15, -0.1) is 0 Å². The monoisotopic (exact) mass is 366 g/mol. The molecule has 138 valence electrons. The van der Waals surface area contributed by atoms with Crippen LogP contribution >= 0.6 is 0 Å². The Kier molecular flexibility index (Phi) is 6.67. The SMILES string of the molecule is CCOC(=O)C(C#N)C(=O)c1ccc(NC(=O)c2cccc(OC)c2)cc1. The third kappa shape index (κ3) is 4.92. The minimum Gasteiger partial charge on any atom is -0.497 e. The molecule has 2 aromatic carbocycles. The largest absolute Gasteiger partial charge is 0.497 e. The first-order valence-electron chi connectivity index (χ1n) is 8.16. The number of ketones is 1. The van der Waals surface area contributed by atoms with Gasteiger partial charge in [-0.25, -0.2) is 0 Å². The van der Waals surface area contributed by atoms with Crippen LogP contribution in [0.4, 0.5) is 5.69 Å². The van der Waals surface area contributed by atoms with Crippen molar-refractivity contribution in [1.82, 2.24) is 0 Å². The van der Waals surface area contributed by atoms with Crippen LogP contribution in [0, 0.1) is 17.2 Å². The topological polar surface area (TPSA) is 105 Å². The highest BCUT2D eigenvalue weighted by Gasteiger charge is 2.28. The van der Waals surface area contributed by atoms with Gasteiger partial charge in [0.25, 0.3) is 5.91 Å². The lowest BCUT2D eigenvalue weighted by Crippen LogP contribution is -2.25. The van der Waals surface area contributed by atoms with Gasteiger partial charge in [0.15, 0.2) is 5.78 Å². The first kappa shape index (κ1) is 19.7. The van der Waals surface area contributed by atoms with Crippen molar-refractivity contribution in [1.29, 1.82) is 5.26 Å². The molecule has 1 atom stereocenters. The number of amides is 1. The van der Waals surface area contributed by atoms with Crippen LogP contribution in [0.5, 0.6) is 5.75 Å². The third-order valence-electron chi connectivity index (χ3n) is 3.67. The molecule has 7 nitrogen and oxygen atoms in total. The zero-order valence-electron chi connectivity index (χ0n) is 14.9. The Morgan fingerprint density at radius 2 is 1.81 bits per heavy atom. The van der Waals surface area contributed by atoms with E-state index in [9.17, 15) is 14.4 Å². The highest BCUT2D eigenvalue weighted by molar-refractivity contribution is 6.11. The van der Waals surface area contributed by atoms with E-state index < -0.39 is 17.7 Å². The number of hydrogen-bond acceptors (Lipinski definition) is 6. The first-order valence-corrected chi connectivity index (χ1v) is 8.16. The Morgan fingerprint density at radius 1 is 1.11 bits per heavy atom. The molecule has 0 fully saturated rings. The standard InChI is InChI=1S/C20H18N2O5/c1-3-27-20(25)17(12-21)18(23)13-7-9-15(10-8-13)22-19(24)14-5-4-6-16(11-14)26-2/h4-11,17H,3H2,1-2H3,(H,22,24). The third-order valence-corrected chi connectivity index (χ3v) is 3.67. The number of nitrogens with zero attached hydrogens (tertiary/aromatic N) is 1. The molecule has 0 radical (unpaired) electrons. The second kappa shape index (κ2) is 9.15. The molecule has 27 heavy (non-hydrogen) atoms. The van der Waals surface area contributed by atoms with Gasteiger partial charge in [-0.1, -0.05) is 6.07 Å². The molecule has 0 aliphatic carbocycles. The maximum atomic E-state index is 12.3. The second-order valence-electron chi connectivity index (χ2n) is 5.44. The lowest BCUT2D eigenvalue weighted by Gasteiger charge is -2.09. The zero-order chi connectivity index (χ0) is 19.8. The normalized spacial score (nSPS) is 11.0. The van der Waals surface area contributed by atoms with Crippen LogP contribution in [-0.4, -0.2) is 31.4 Å². The smallest absolute Gasteiger partial charge is 0.331 e. The summed E-state index contributed by atoms with van der Waals surface area (Å²) in [6.45, 7) is 1.68. The van der Waals surface area contributed by atoms with E-state index in [1.165, 1.54) is 31.4 Å². The van der Waals surface area contributed by atoms with E-state index >= 15 is 0 Å². The van der Waals surface area contributed by atoms with Gasteiger partial charge in [0, 0.05) is 16.8 Å². The first-order chi connectivity index (χ1) is 13.0. The van der Waals surface area contributed by atoms with Gasteiger partial charge in [0.1, 0.15) is 5.75 Å². The van der Waals surface area contributed by atoms with Crippen molar-refractivity contribution in [2.75, 3.05) is 19.0 Å². The van der Waals surface area contributed by atoms with Crippen LogP contribution < -0.4 is 10.1 Å². The minimum atomic E-state index is -1.51. The van der Waals surface area contributed by atoms with Gasteiger partial charge in [-0.2, -0.15) is 5.26 Å². The van der Waals surface area contributed by atoms with E-state index in [-0.39, 0.29) is 18.1 Å². The Labute approximate surface area is 156 Å². The number of anilines is 1. The molecule has 0 aliphatic heterocycles. The lowest BCUT2D eigenvalue weighted by molar-refractivity contribution is -0.144. The molecule has 0 saturated heterocycles. The summed E-state index contributed by atoms with van der Waals surface area (Å²) in [6.07, 6.45) is 0. The summed E-state index contributed by atoms with van der Waals surface area (Å²) < 4.78 is 9.82. The minimum absolute atomic E-state index is 0.0829. The van der Waals surface area contributed by atoms with Crippen molar-refractivity contribution in [3.8, 4) is 11.8 Å². The lowest BCUT2D eigenvalue weighted by atomic mass is 9.99. The zero-order valence-corrected chi connectivity index (χ0v) is 14.9. The summed E-state index contributed by atoms with van der Waals surface area (Å²) in [4.78, 5) is 36.2. The van der Waals surface area contributed by atoms with Crippen molar-refractivity contribution >= 4 is 23.3 Å². The molecule has 2 aromatic rings. The van der Waals surface area contributed by atoms with E-state index in [4.69, 9.17) is 14.7 Å². The molecule has 0 aliphatic rings. The number of nitrogens with one attached hydrogen (secondary N) is 1. The van der Waals surface area contributed by atoms with E-state index in [0.29, 0.717) is 17.0 Å². The predicted octanol–water partition coefficient (Wildman–Crippen LogP) is 2.83. The fraction of sp³-hybridized carbons (Fsp3) is 0.200. The number of hydrogen-bond donors (Lipinski definition) is 1. The van der Waals surface area contributed by atoms with Crippen LogP contribution in [-0.2, 0) is 9.53 Å². The number of methoxy groups -OCH3 is 1. The van der Waals surface area contributed by atoms with E-state index in [2.05, 4.69) is 5.32 Å². The molecule has 7 heteroatoms. The molecule has 1 amide bonds. The molecule has 0 aromatic heterocycles. The van der Waals surface area contributed by atoms with Gasteiger partial charge < -0.3 is 14.8 Å². The van der Waals surface area contributed by atoms with Crippen LogP contribution in [0.25, 0.3) is 0 Å². The predicted molar refractivity (Wildman–Crippen MR) is 97.5 cm³/mol. The van der Waals surface area contributed by atoms with Gasteiger partial charge in [0.2, 0.25) is 5.92 Å². The Morgan fingerprint density at radius 3 is 2.41 bits per heavy atom. The fourth-order valence-electron chi connectivity index (χ4n) is 2.30. The molecule has 1 unspecified atom stereocenters. The number of esters is 1. The molecular formula is C20H18N2O5. The second-order valence-corrected chi connectivity index (χ2v) is 5.44. The molecular weight excluding hydrogens is 348 g/mol. The average Bonchev–Trinajstić information content (AvgIpc) is 2.69. The van der Waals surface area contributed by atoms with Crippen LogP contribution in [0.2, 0.25) is 0 Å². The number of nitriles is 1. The number of carbonyl (C=O) groups excluding carboxylic acids is 3.